The van der Waals surface area contributed by atoms with Crippen LogP contribution < -0.4 is 5.32 Å². The molecule has 0 radical (unpaired) electrons. The summed E-state index contributed by atoms with van der Waals surface area (Å²) in [4.78, 5) is 67.5. The molecular formula is C63H110N2O12. The van der Waals surface area contributed by atoms with E-state index in [1.165, 1.54) is 12.8 Å². The highest BCUT2D eigenvalue weighted by Gasteiger charge is 2.22. The number of nitrogens with one attached hydrogen (secondary N) is 1. The molecule has 1 heterocycles. The van der Waals surface area contributed by atoms with Gasteiger partial charge in [0.15, 0.2) is 6.29 Å². The third kappa shape index (κ3) is 45.5. The van der Waals surface area contributed by atoms with E-state index in [-0.39, 0.29) is 51.2 Å². The number of alkyl carbamates (subject to hydrolysis) is 1. The molecule has 1 amide bonds. The maximum Gasteiger partial charge on any atom is 0.407 e. The summed E-state index contributed by atoms with van der Waals surface area (Å²) in [6.07, 6.45) is 38.9. The Labute approximate surface area is 468 Å². The summed E-state index contributed by atoms with van der Waals surface area (Å²) in [5, 5.41) is 2.87. The van der Waals surface area contributed by atoms with Crippen molar-refractivity contribution in [2.75, 3.05) is 59.2 Å². The summed E-state index contributed by atoms with van der Waals surface area (Å²) in [7, 11) is 0. The van der Waals surface area contributed by atoms with Crippen molar-refractivity contribution in [1.82, 2.24) is 10.2 Å². The maximum absolute atomic E-state index is 13.2. The van der Waals surface area contributed by atoms with Crippen LogP contribution in [0.25, 0.3) is 0 Å². The van der Waals surface area contributed by atoms with E-state index in [9.17, 15) is 24.0 Å². The number of unbranched alkanes of at least 4 members (excludes halogenated alkanes) is 15. The average molecular weight is 1090 g/mol. The number of rotatable bonds is 54. The van der Waals surface area contributed by atoms with Gasteiger partial charge < -0.3 is 43.4 Å². The standard InChI is InChI=1S/C63H110N2O12/c1-6-11-16-21-25-35-50-71-62(72-51-36-26-22-17-12-7-2)45-44-60(68)75-54-55(53-74-59(67)43-42-57(39-28-20-15-10-5)77-63(70)64-46-49-65-47-33-34-48-65)52-73-58(66)40-31-27-32-41-61(69)76-56(37-29-23-18-13-8-3)38-30-24-19-14-9-4/h8-9,11-12,16-17,55-57,62H,3-4,6-7,10,13-15,18-54H2,1-2,5H3,(H,64,70)/b16-11-,17-12-. The minimum atomic E-state index is -0.618. The summed E-state index contributed by atoms with van der Waals surface area (Å²) in [6.45, 7) is 18.0. The van der Waals surface area contributed by atoms with E-state index in [4.69, 9.17) is 33.2 Å². The van der Waals surface area contributed by atoms with Crippen LogP contribution in [-0.4, -0.2) is 113 Å². The number of allylic oxidation sites excluding steroid dienone is 6. The van der Waals surface area contributed by atoms with E-state index < -0.39 is 42.3 Å². The van der Waals surface area contributed by atoms with Crippen LogP contribution in [0.5, 0.6) is 0 Å². The lowest BCUT2D eigenvalue weighted by Gasteiger charge is -2.20. The highest BCUT2D eigenvalue weighted by Crippen LogP contribution is 2.19. The zero-order valence-corrected chi connectivity index (χ0v) is 48.9. The molecule has 0 aromatic rings. The van der Waals surface area contributed by atoms with Gasteiger partial charge in [0.25, 0.3) is 0 Å². The molecule has 0 aromatic heterocycles. The molecule has 1 aliphatic rings. The Bertz CT molecular complexity index is 1510. The molecule has 0 aliphatic carbocycles. The van der Waals surface area contributed by atoms with Gasteiger partial charge in [-0.05, 0) is 161 Å². The van der Waals surface area contributed by atoms with Gasteiger partial charge in [-0.1, -0.05) is 95.8 Å². The van der Waals surface area contributed by atoms with Crippen molar-refractivity contribution in [3.8, 4) is 0 Å². The molecule has 14 nitrogen and oxygen atoms in total. The predicted octanol–water partition coefficient (Wildman–Crippen LogP) is 14.7. The van der Waals surface area contributed by atoms with E-state index in [1.54, 1.807) is 0 Å². The Balaban J connectivity index is 2.86. The lowest BCUT2D eigenvalue weighted by Crippen LogP contribution is -2.35. The summed E-state index contributed by atoms with van der Waals surface area (Å²) in [5.41, 5.74) is 0. The molecule has 1 fully saturated rings. The molecule has 1 saturated heterocycles. The second kappa shape index (κ2) is 52.7. The van der Waals surface area contributed by atoms with Gasteiger partial charge in [-0.2, -0.15) is 0 Å². The van der Waals surface area contributed by atoms with Crippen LogP contribution in [0.2, 0.25) is 0 Å². The molecule has 2 unspecified atom stereocenters. The second-order valence-corrected chi connectivity index (χ2v) is 20.8. The molecule has 1 N–H and O–H groups in total. The summed E-state index contributed by atoms with van der Waals surface area (Å²) >= 11 is 0. The number of carbonyl (C=O) groups is 5. The van der Waals surface area contributed by atoms with Crippen LogP contribution in [0.3, 0.4) is 0 Å². The maximum atomic E-state index is 13.2. The SMILES string of the molecule is C=CCCCCCC(CCCCCC=C)OC(=O)CCCCCC(=O)OCC(COC(=O)CCC(CCCCCC)OC(=O)NCCN1CCCC1)COC(=O)CCC(OCCCC/C=C\CC)OCCCC/C=C\CC. The minimum Gasteiger partial charge on any atom is -0.465 e. The normalized spacial score (nSPS) is 13.6. The van der Waals surface area contributed by atoms with Crippen molar-refractivity contribution in [3.63, 3.8) is 0 Å². The van der Waals surface area contributed by atoms with Crippen molar-refractivity contribution < 1.29 is 57.1 Å². The van der Waals surface area contributed by atoms with Crippen LogP contribution >= 0.6 is 0 Å². The Morgan fingerprint density at radius 2 is 0.961 bits per heavy atom. The molecule has 444 valence electrons. The number of amides is 1. The lowest BCUT2D eigenvalue weighted by atomic mass is 10.0. The molecule has 14 heteroatoms. The minimum absolute atomic E-state index is 0.0263. The van der Waals surface area contributed by atoms with Crippen LogP contribution in [0.1, 0.15) is 239 Å². The molecule has 1 rings (SSSR count). The van der Waals surface area contributed by atoms with Crippen molar-refractivity contribution in [1.29, 1.82) is 0 Å². The molecule has 0 aromatic carbocycles. The number of hydrogen-bond acceptors (Lipinski definition) is 13. The van der Waals surface area contributed by atoms with E-state index in [1.807, 2.05) is 12.2 Å². The lowest BCUT2D eigenvalue weighted by molar-refractivity contribution is -0.162. The zero-order valence-electron chi connectivity index (χ0n) is 48.9. The van der Waals surface area contributed by atoms with E-state index in [2.05, 4.69) is 68.4 Å². The number of nitrogens with zero attached hydrogens (tertiary/aromatic N) is 1. The van der Waals surface area contributed by atoms with Gasteiger partial charge in [0.2, 0.25) is 0 Å². The summed E-state index contributed by atoms with van der Waals surface area (Å²) in [6, 6.07) is 0. The fraction of sp³-hybridized carbons (Fsp3) is 0.794. The molecule has 1 aliphatic heterocycles. The Morgan fingerprint density at radius 1 is 0.494 bits per heavy atom. The molecule has 0 bridgehead atoms. The summed E-state index contributed by atoms with van der Waals surface area (Å²) < 4.78 is 41.1. The van der Waals surface area contributed by atoms with E-state index in [0.29, 0.717) is 64.7 Å². The van der Waals surface area contributed by atoms with Gasteiger partial charge in [-0.25, -0.2) is 4.79 Å². The quantitative estimate of drug-likeness (QED) is 0.0201. The number of carbonyl (C=O) groups excluding carboxylic acids is 5. The fourth-order valence-corrected chi connectivity index (χ4v) is 8.92. The predicted molar refractivity (Wildman–Crippen MR) is 309 cm³/mol. The molecule has 77 heavy (non-hydrogen) atoms. The topological polar surface area (TPSA) is 165 Å². The van der Waals surface area contributed by atoms with Crippen molar-refractivity contribution in [3.05, 3.63) is 49.6 Å². The van der Waals surface area contributed by atoms with Crippen molar-refractivity contribution >= 4 is 30.0 Å². The Hall–Kier alpha value is -4.01. The van der Waals surface area contributed by atoms with Gasteiger partial charge in [0.1, 0.15) is 32.0 Å². The highest BCUT2D eigenvalue weighted by atomic mass is 16.7. The fourth-order valence-electron chi connectivity index (χ4n) is 8.92. The molecule has 2 atom stereocenters. The van der Waals surface area contributed by atoms with Gasteiger partial charge in [-0.15, -0.1) is 13.2 Å². The van der Waals surface area contributed by atoms with E-state index >= 15 is 0 Å². The van der Waals surface area contributed by atoms with Gasteiger partial charge >= 0.3 is 30.0 Å². The third-order valence-electron chi connectivity index (χ3n) is 13.6. The highest BCUT2D eigenvalue weighted by molar-refractivity contribution is 5.71. The third-order valence-corrected chi connectivity index (χ3v) is 13.6. The first kappa shape index (κ1) is 71.0. The summed E-state index contributed by atoms with van der Waals surface area (Å²) in [5.74, 6) is -2.19. The van der Waals surface area contributed by atoms with Gasteiger partial charge in [0, 0.05) is 52.0 Å². The van der Waals surface area contributed by atoms with Crippen LogP contribution in [0, 0.1) is 5.92 Å². The smallest absolute Gasteiger partial charge is 0.407 e. The zero-order chi connectivity index (χ0) is 56.1. The first-order valence-electron chi connectivity index (χ1n) is 30.7. The van der Waals surface area contributed by atoms with Gasteiger partial charge in [0.05, 0.1) is 12.3 Å². The van der Waals surface area contributed by atoms with Crippen molar-refractivity contribution in [2.45, 2.75) is 258 Å². The molecule has 0 saturated carbocycles. The second-order valence-electron chi connectivity index (χ2n) is 20.8. The first-order chi connectivity index (χ1) is 37.6. The Kier molecular flexibility index (Phi) is 48.6. The number of hydrogen-bond donors (Lipinski definition) is 1. The Morgan fingerprint density at radius 3 is 1.48 bits per heavy atom. The first-order valence-corrected chi connectivity index (χ1v) is 30.7. The van der Waals surface area contributed by atoms with Crippen molar-refractivity contribution in [2.24, 2.45) is 5.92 Å². The van der Waals surface area contributed by atoms with E-state index in [0.717, 1.165) is 161 Å². The van der Waals surface area contributed by atoms with Gasteiger partial charge in [-0.3, -0.25) is 19.2 Å². The molecular weight excluding hydrogens is 977 g/mol. The van der Waals surface area contributed by atoms with Crippen LogP contribution in [-0.2, 0) is 52.3 Å². The molecule has 0 spiro atoms. The average Bonchev–Trinajstić information content (AvgIpc) is 3.95. The number of ether oxygens (including phenoxy) is 7. The number of esters is 4. The number of likely N-dealkylation sites (tertiary alicyclic amines) is 1. The monoisotopic (exact) mass is 1090 g/mol. The van der Waals surface area contributed by atoms with Crippen LogP contribution in [0.4, 0.5) is 4.79 Å². The largest absolute Gasteiger partial charge is 0.465 e. The van der Waals surface area contributed by atoms with Crippen LogP contribution in [0.15, 0.2) is 49.6 Å².